The second kappa shape index (κ2) is 10.9. The van der Waals surface area contributed by atoms with Gasteiger partial charge in [0.1, 0.15) is 47.7 Å². The standard InChI is InChI=1S/C24H27F2N7O6S/c25-16-6-13(32-5-1-2-14(34)10-32)7-17(26)15(16)4-3-12-9-33(23-19(12)22(27)29-11-30-23)24-21(36)20(35)18(39-24)8-31-40(28,37)38/h6-7,9,11,14,18,20-21,24,31,34-36H,1-2,5,8,10H2,(H2,27,29,30)(H2,28,37,38)/t14?,18-,20-,21-,24-/m1/s1. The molecule has 1 unspecified atom stereocenters. The first kappa shape index (κ1) is 28.1. The van der Waals surface area contributed by atoms with Crippen LogP contribution in [0.1, 0.15) is 30.2 Å². The molecule has 3 aromatic rings. The van der Waals surface area contributed by atoms with E-state index in [2.05, 4.69) is 21.8 Å². The summed E-state index contributed by atoms with van der Waals surface area (Å²) in [5, 5.41) is 36.1. The lowest BCUT2D eigenvalue weighted by molar-refractivity contribution is -0.0327. The number of anilines is 2. The van der Waals surface area contributed by atoms with Crippen LogP contribution in [0.15, 0.2) is 24.7 Å². The molecular formula is C24H27F2N7O6S. The van der Waals surface area contributed by atoms with Gasteiger partial charge in [-0.3, -0.25) is 0 Å². The summed E-state index contributed by atoms with van der Waals surface area (Å²) in [4.78, 5) is 9.81. The molecule has 2 aliphatic rings. The van der Waals surface area contributed by atoms with E-state index < -0.39 is 64.6 Å². The van der Waals surface area contributed by atoms with Crippen LogP contribution in [0.25, 0.3) is 11.0 Å². The average molecular weight is 580 g/mol. The van der Waals surface area contributed by atoms with Crippen LogP contribution in [0.2, 0.25) is 0 Å². The minimum absolute atomic E-state index is 0.00604. The summed E-state index contributed by atoms with van der Waals surface area (Å²) >= 11 is 0. The molecule has 2 saturated heterocycles. The van der Waals surface area contributed by atoms with Crippen LogP contribution in [0, 0.1) is 23.5 Å². The average Bonchev–Trinajstić information content (AvgIpc) is 3.39. The number of aromatic nitrogens is 3. The first-order valence-corrected chi connectivity index (χ1v) is 13.8. The third kappa shape index (κ3) is 5.58. The van der Waals surface area contributed by atoms with E-state index in [0.717, 1.165) is 18.5 Å². The smallest absolute Gasteiger partial charge is 0.274 e. The highest BCUT2D eigenvalue weighted by molar-refractivity contribution is 7.87. The van der Waals surface area contributed by atoms with Crippen molar-refractivity contribution in [2.24, 2.45) is 5.14 Å². The third-order valence-electron chi connectivity index (χ3n) is 6.85. The summed E-state index contributed by atoms with van der Waals surface area (Å²) < 4.78 is 61.5. The van der Waals surface area contributed by atoms with Crippen molar-refractivity contribution in [3.63, 3.8) is 0 Å². The number of rotatable bonds is 5. The number of hydrogen-bond acceptors (Lipinski definition) is 10. The summed E-state index contributed by atoms with van der Waals surface area (Å²) in [5.74, 6) is 3.39. The molecular weight excluding hydrogens is 552 g/mol. The van der Waals surface area contributed by atoms with Crippen molar-refractivity contribution in [3.8, 4) is 11.8 Å². The van der Waals surface area contributed by atoms with E-state index in [-0.39, 0.29) is 29.0 Å². The summed E-state index contributed by atoms with van der Waals surface area (Å²) in [6, 6.07) is 2.32. The van der Waals surface area contributed by atoms with Gasteiger partial charge in [0.05, 0.1) is 22.6 Å². The SMILES string of the molecule is Nc1ncnc2c1c(C#Cc1c(F)cc(N3CCCC(O)C3)cc1F)cn2[C@@H]1O[C@H](CNS(N)(=O)=O)[C@@H](O)[C@H]1O. The number of ether oxygens (including phenoxy) is 1. The van der Waals surface area contributed by atoms with Gasteiger partial charge in [-0.2, -0.15) is 13.1 Å². The number of fused-ring (bicyclic) bond motifs is 1. The summed E-state index contributed by atoms with van der Waals surface area (Å²) in [6.45, 7) is 0.412. The number of benzene rings is 1. The van der Waals surface area contributed by atoms with Crippen molar-refractivity contribution < 1.29 is 37.3 Å². The lowest BCUT2D eigenvalue weighted by Crippen LogP contribution is -2.42. The topological polar surface area (TPSA) is 202 Å². The van der Waals surface area contributed by atoms with E-state index in [4.69, 9.17) is 15.6 Å². The van der Waals surface area contributed by atoms with Crippen LogP contribution < -0.4 is 20.5 Å². The monoisotopic (exact) mass is 579 g/mol. The number of aliphatic hydroxyl groups is 3. The first-order chi connectivity index (χ1) is 18.9. The molecule has 2 aromatic heterocycles. The maximum Gasteiger partial charge on any atom is 0.274 e. The number of nitrogens with zero attached hydrogens (tertiary/aromatic N) is 4. The van der Waals surface area contributed by atoms with E-state index in [9.17, 15) is 32.5 Å². The summed E-state index contributed by atoms with van der Waals surface area (Å²) in [5.41, 5.74) is 6.16. The minimum Gasteiger partial charge on any atom is -0.391 e. The zero-order chi connectivity index (χ0) is 28.8. The fraction of sp³-hybridized carbons (Fsp3) is 0.417. The predicted molar refractivity (Wildman–Crippen MR) is 139 cm³/mol. The first-order valence-electron chi connectivity index (χ1n) is 12.3. The van der Waals surface area contributed by atoms with Gasteiger partial charge in [-0.05, 0) is 25.0 Å². The Balaban J connectivity index is 1.48. The van der Waals surface area contributed by atoms with Crippen molar-refractivity contribution >= 4 is 32.7 Å². The molecule has 0 saturated carbocycles. The number of nitrogens with one attached hydrogen (secondary N) is 1. The van der Waals surface area contributed by atoms with Crippen molar-refractivity contribution in [2.45, 2.75) is 43.5 Å². The maximum absolute atomic E-state index is 15.0. The molecule has 40 heavy (non-hydrogen) atoms. The number of aliphatic hydroxyl groups excluding tert-OH is 3. The van der Waals surface area contributed by atoms with Crippen LogP contribution in [0.3, 0.4) is 0 Å². The van der Waals surface area contributed by atoms with Crippen LogP contribution >= 0.6 is 0 Å². The number of halogens is 2. The second-order valence-corrected chi connectivity index (χ2v) is 11.0. The maximum atomic E-state index is 15.0. The molecule has 0 aliphatic carbocycles. The molecule has 0 spiro atoms. The number of hydrogen-bond donors (Lipinski definition) is 6. The van der Waals surface area contributed by atoms with Crippen LogP contribution in [0.4, 0.5) is 20.3 Å². The van der Waals surface area contributed by atoms with Gasteiger partial charge in [-0.1, -0.05) is 11.8 Å². The number of nitrogens with two attached hydrogens (primary N) is 2. The minimum atomic E-state index is -4.08. The van der Waals surface area contributed by atoms with E-state index in [0.29, 0.717) is 25.1 Å². The molecule has 0 radical (unpaired) electrons. The van der Waals surface area contributed by atoms with Crippen LogP contribution in [-0.4, -0.2) is 82.3 Å². The predicted octanol–water partition coefficient (Wildman–Crippen LogP) is -0.935. The van der Waals surface area contributed by atoms with Gasteiger partial charge in [-0.25, -0.2) is 23.9 Å². The van der Waals surface area contributed by atoms with E-state index in [1.54, 1.807) is 4.90 Å². The summed E-state index contributed by atoms with van der Waals surface area (Å²) in [6.07, 6.45) is -2.15. The molecule has 16 heteroatoms. The van der Waals surface area contributed by atoms with Crippen molar-refractivity contribution in [1.29, 1.82) is 0 Å². The molecule has 214 valence electrons. The van der Waals surface area contributed by atoms with Gasteiger partial charge in [0.15, 0.2) is 6.23 Å². The van der Waals surface area contributed by atoms with E-state index >= 15 is 0 Å². The highest BCUT2D eigenvalue weighted by Gasteiger charge is 2.44. The molecule has 0 bridgehead atoms. The lowest BCUT2D eigenvalue weighted by Gasteiger charge is -2.32. The fourth-order valence-corrected chi connectivity index (χ4v) is 5.30. The largest absolute Gasteiger partial charge is 0.391 e. The van der Waals surface area contributed by atoms with E-state index in [1.165, 1.54) is 10.8 Å². The molecule has 4 heterocycles. The Hall–Kier alpha value is -3.43. The Bertz CT molecular complexity index is 1590. The van der Waals surface area contributed by atoms with Crippen molar-refractivity contribution in [1.82, 2.24) is 19.3 Å². The number of nitrogen functional groups attached to an aromatic ring is 1. The van der Waals surface area contributed by atoms with Gasteiger partial charge >= 0.3 is 0 Å². The van der Waals surface area contributed by atoms with E-state index in [1.807, 2.05) is 4.72 Å². The Morgan fingerprint density at radius 3 is 2.55 bits per heavy atom. The van der Waals surface area contributed by atoms with Gasteiger partial charge in [-0.15, -0.1) is 0 Å². The molecule has 8 N–H and O–H groups in total. The Kier molecular flexibility index (Phi) is 7.63. The molecule has 2 fully saturated rings. The van der Waals surface area contributed by atoms with Crippen LogP contribution in [0.5, 0.6) is 0 Å². The number of piperidine rings is 1. The Labute approximate surface area is 227 Å². The van der Waals surface area contributed by atoms with Gasteiger partial charge in [0.2, 0.25) is 0 Å². The van der Waals surface area contributed by atoms with Crippen LogP contribution in [-0.2, 0) is 14.9 Å². The molecule has 5 atom stereocenters. The third-order valence-corrected chi connectivity index (χ3v) is 7.42. The highest BCUT2D eigenvalue weighted by Crippen LogP contribution is 2.34. The highest BCUT2D eigenvalue weighted by atomic mass is 32.2. The normalized spacial score (nSPS) is 25.2. The fourth-order valence-electron chi connectivity index (χ4n) is 4.90. The van der Waals surface area contributed by atoms with Crippen molar-refractivity contribution in [3.05, 3.63) is 47.4 Å². The van der Waals surface area contributed by atoms with Crippen molar-refractivity contribution in [2.75, 3.05) is 30.3 Å². The van der Waals surface area contributed by atoms with Gasteiger partial charge in [0, 0.05) is 31.5 Å². The molecule has 13 nitrogen and oxygen atoms in total. The zero-order valence-corrected chi connectivity index (χ0v) is 21.7. The number of β-amino-alcohol motifs (C(OH)–C–C–N with tert-alkyl or cyclic N) is 1. The quantitative estimate of drug-likeness (QED) is 0.205. The Morgan fingerprint density at radius 2 is 1.88 bits per heavy atom. The molecule has 5 rings (SSSR count). The second-order valence-electron chi connectivity index (χ2n) is 9.62. The molecule has 1 aromatic carbocycles. The van der Waals surface area contributed by atoms with Gasteiger partial charge < -0.3 is 35.3 Å². The molecule has 0 amide bonds. The van der Waals surface area contributed by atoms with Gasteiger partial charge in [0.25, 0.3) is 10.2 Å². The Morgan fingerprint density at radius 1 is 1.15 bits per heavy atom. The summed E-state index contributed by atoms with van der Waals surface area (Å²) in [7, 11) is -4.08. The lowest BCUT2D eigenvalue weighted by atomic mass is 10.1. The zero-order valence-electron chi connectivity index (χ0n) is 20.9. The molecule has 2 aliphatic heterocycles.